The Labute approximate surface area is 183 Å². The molecule has 1 unspecified atom stereocenters. The van der Waals surface area contributed by atoms with Gasteiger partial charge >= 0.3 is 184 Å². The topological polar surface area (TPSA) is 139 Å². The summed E-state index contributed by atoms with van der Waals surface area (Å²) in [7, 11) is 0. The molecule has 8 nitrogen and oxygen atoms in total. The summed E-state index contributed by atoms with van der Waals surface area (Å²) in [4.78, 5) is 23.3. The third-order valence-electron chi connectivity index (χ3n) is 4.17. The minimum atomic E-state index is -5.50. The number of nitrogens with two attached hydrogens (primary N) is 1. The third kappa shape index (κ3) is 6.41. The number of anilines is 2. The molecule has 0 heterocycles. The first-order valence-corrected chi connectivity index (χ1v) is 12.3. The van der Waals surface area contributed by atoms with Gasteiger partial charge in [0.2, 0.25) is 0 Å². The second kappa shape index (κ2) is 9.54. The van der Waals surface area contributed by atoms with Crippen LogP contribution in [-0.4, -0.2) is 35.3 Å². The van der Waals surface area contributed by atoms with E-state index in [9.17, 15) is 35.7 Å². The van der Waals surface area contributed by atoms with Gasteiger partial charge in [0.05, 0.1) is 0 Å². The summed E-state index contributed by atoms with van der Waals surface area (Å²) in [5.74, 6) is -2.09. The number of aryl methyl sites for hydroxylation is 1. The Kier molecular flexibility index (Phi) is 7.48. The van der Waals surface area contributed by atoms with E-state index in [1.54, 1.807) is 0 Å². The number of nitrogen functional groups attached to an aromatic ring is 1. The van der Waals surface area contributed by atoms with Gasteiger partial charge in [0.25, 0.3) is 0 Å². The molecular weight excluding hydrogens is 496 g/mol. The van der Waals surface area contributed by atoms with Gasteiger partial charge in [0.15, 0.2) is 0 Å². The van der Waals surface area contributed by atoms with Gasteiger partial charge in [0, 0.05) is 0 Å². The fraction of sp³-hybridized carbons (Fsp3) is 0.200. The maximum absolute atomic E-state index is 13.1. The molecule has 0 aliphatic rings. The van der Waals surface area contributed by atoms with Crippen LogP contribution in [0.15, 0.2) is 42.5 Å². The number of halogens is 3. The van der Waals surface area contributed by atoms with Crippen molar-refractivity contribution in [2.45, 2.75) is 26.4 Å². The van der Waals surface area contributed by atoms with Crippen molar-refractivity contribution in [2.75, 3.05) is 11.1 Å². The number of phenols is 1. The van der Waals surface area contributed by atoms with Crippen molar-refractivity contribution in [3.63, 3.8) is 0 Å². The molecule has 0 aromatic heterocycles. The molecule has 0 saturated heterocycles. The number of hydrogen-bond donors (Lipinski definition) is 4. The van der Waals surface area contributed by atoms with Crippen LogP contribution >= 0.6 is 0 Å². The average molecular weight is 516 g/mol. The number of hydrogen-bond acceptors (Lipinski definition) is 6. The Morgan fingerprint density at radius 3 is 2.50 bits per heavy atom. The van der Waals surface area contributed by atoms with E-state index >= 15 is 0 Å². The molecule has 0 fully saturated rings. The molecule has 5 N–H and O–H groups in total. The predicted octanol–water partition coefficient (Wildman–Crippen LogP) is 2.17. The fourth-order valence-electron chi connectivity index (χ4n) is 2.78. The van der Waals surface area contributed by atoms with Crippen molar-refractivity contribution < 1.29 is 39.4 Å². The molecule has 32 heavy (non-hydrogen) atoms. The van der Waals surface area contributed by atoms with E-state index in [-0.39, 0.29) is 33.3 Å². The number of alkyl halides is 3. The second-order valence-electron chi connectivity index (χ2n) is 6.79. The van der Waals surface area contributed by atoms with Crippen LogP contribution in [0.4, 0.5) is 24.5 Å². The first-order valence-electron chi connectivity index (χ1n) is 9.01. The van der Waals surface area contributed by atoms with E-state index in [4.69, 9.17) is 5.73 Å². The Morgan fingerprint density at radius 1 is 1.25 bits per heavy atom. The van der Waals surface area contributed by atoms with Crippen LogP contribution < -0.4 is 15.4 Å². The van der Waals surface area contributed by atoms with Gasteiger partial charge < -0.3 is 0 Å². The zero-order valence-corrected chi connectivity index (χ0v) is 18.8. The summed E-state index contributed by atoms with van der Waals surface area (Å²) in [6, 6.07) is 5.42. The molecule has 0 spiro atoms. The van der Waals surface area contributed by atoms with Crippen LogP contribution in [0.1, 0.15) is 23.6 Å². The monoisotopic (exact) mass is 516 g/mol. The molecular formula is C20H20AsF3N2O6. The average Bonchev–Trinajstić information content (AvgIpc) is 2.62. The molecule has 12 heteroatoms. The number of rotatable bonds is 6. The number of benzene rings is 2. The molecule has 2 rings (SSSR count). The fourth-order valence-corrected chi connectivity index (χ4v) is 5.07. The molecule has 1 atom stereocenters. The van der Waals surface area contributed by atoms with Crippen LogP contribution in [0.2, 0.25) is 0 Å². The number of carbonyl (C=O) groups is 2. The Hall–Kier alpha value is -3.17. The number of allylic oxidation sites excluding steroid dienone is 1. The molecule has 0 aliphatic heterocycles. The van der Waals surface area contributed by atoms with Crippen LogP contribution in [-0.2, 0) is 29.7 Å². The Bertz CT molecular complexity index is 1130. The van der Waals surface area contributed by atoms with Crippen molar-refractivity contribution in [3.8, 4) is 5.75 Å². The van der Waals surface area contributed by atoms with Crippen molar-refractivity contribution in [1.29, 1.82) is 0 Å². The van der Waals surface area contributed by atoms with Crippen molar-refractivity contribution >= 4 is 41.8 Å². The minimum absolute atomic E-state index is 0.0990. The van der Waals surface area contributed by atoms with Crippen LogP contribution in [0, 0.1) is 6.92 Å². The number of amides is 1. The van der Waals surface area contributed by atoms with Gasteiger partial charge in [-0.2, -0.15) is 0 Å². The van der Waals surface area contributed by atoms with Gasteiger partial charge in [-0.1, -0.05) is 0 Å². The van der Waals surface area contributed by atoms with E-state index in [1.165, 1.54) is 19.1 Å². The van der Waals surface area contributed by atoms with Crippen molar-refractivity contribution in [2.24, 2.45) is 0 Å². The van der Waals surface area contributed by atoms with E-state index in [2.05, 4.69) is 9.04 Å². The van der Waals surface area contributed by atoms with Crippen molar-refractivity contribution in [3.05, 3.63) is 59.2 Å². The zero-order chi connectivity index (χ0) is 24.3. The summed E-state index contributed by atoms with van der Waals surface area (Å²) in [6.45, 7) is 2.56. The molecule has 172 valence electrons. The standard InChI is InChI=1S/C20H20AsF3N2O6/c1-11-8-13(9-15(19(11)25)20(22,23)24)4-3-5-18(29)32-21(30,31)16-7-6-14(28)10-17(16)26-12(2)27/h3,5-10,28H,4,25H2,1-2H3,(H,26,27)(H,30,31). The third-order valence-corrected chi connectivity index (χ3v) is 7.16. The molecule has 0 bridgehead atoms. The Morgan fingerprint density at radius 2 is 1.91 bits per heavy atom. The number of phenolic OH excluding ortho intramolecular Hbond substituents is 1. The molecule has 1 amide bonds. The van der Waals surface area contributed by atoms with Crippen LogP contribution in [0.3, 0.4) is 0 Å². The van der Waals surface area contributed by atoms with Gasteiger partial charge in [-0.05, 0) is 0 Å². The quantitative estimate of drug-likeness (QED) is 0.262. The summed E-state index contributed by atoms with van der Waals surface area (Å²) >= 11 is -5.50. The SMILES string of the molecule is CC(=O)Nc1cc(O)ccc1[As](=O)(O)OC(=O)C=CCc1cc(C)c(N)c(C(F)(F)F)c1. The number of aromatic hydroxyl groups is 1. The summed E-state index contributed by atoms with van der Waals surface area (Å²) in [5, 5.41) is 11.8. The van der Waals surface area contributed by atoms with Gasteiger partial charge in [-0.3, -0.25) is 0 Å². The molecule has 0 aliphatic carbocycles. The summed E-state index contributed by atoms with van der Waals surface area (Å²) < 4.78 is 66.3. The molecule has 2 aromatic carbocycles. The second-order valence-corrected chi connectivity index (χ2v) is 10.4. The van der Waals surface area contributed by atoms with Crippen LogP contribution in [0.5, 0.6) is 5.75 Å². The van der Waals surface area contributed by atoms with Crippen LogP contribution in [0.25, 0.3) is 0 Å². The maximum atomic E-state index is 13.1. The zero-order valence-electron chi connectivity index (χ0n) is 16.9. The summed E-state index contributed by atoms with van der Waals surface area (Å²) in [6.07, 6.45) is -2.76. The number of carbonyl (C=O) groups excluding carboxylic acids is 2. The normalized spacial score (nSPS) is 13.6. The van der Waals surface area contributed by atoms with Gasteiger partial charge in [0.1, 0.15) is 0 Å². The van der Waals surface area contributed by atoms with E-state index in [0.29, 0.717) is 0 Å². The number of nitrogens with one attached hydrogen (secondary N) is 1. The molecule has 0 radical (unpaired) electrons. The van der Waals surface area contributed by atoms with E-state index in [0.717, 1.165) is 37.3 Å². The Balaban J connectivity index is 2.17. The molecule has 2 aromatic rings. The van der Waals surface area contributed by atoms with Gasteiger partial charge in [-0.25, -0.2) is 0 Å². The van der Waals surface area contributed by atoms with Crippen molar-refractivity contribution in [1.82, 2.24) is 0 Å². The predicted molar refractivity (Wildman–Crippen MR) is 110 cm³/mol. The first-order chi connectivity index (χ1) is 14.7. The molecule has 0 saturated carbocycles. The van der Waals surface area contributed by atoms with E-state index < -0.39 is 43.5 Å². The van der Waals surface area contributed by atoms with Gasteiger partial charge in [-0.15, -0.1) is 0 Å². The summed E-state index contributed by atoms with van der Waals surface area (Å²) in [5.41, 5.74) is 4.33. The van der Waals surface area contributed by atoms with E-state index in [1.807, 2.05) is 0 Å². The first kappa shape index (κ1) is 25.1.